The van der Waals surface area contributed by atoms with Crippen LogP contribution in [0.25, 0.3) is 0 Å². The van der Waals surface area contributed by atoms with Crippen molar-refractivity contribution in [2.45, 2.75) is 37.5 Å². The summed E-state index contributed by atoms with van der Waals surface area (Å²) in [4.78, 5) is 10.9. The maximum absolute atomic E-state index is 10.9. The third kappa shape index (κ3) is 2.16. The van der Waals surface area contributed by atoms with Gasteiger partial charge in [-0.1, -0.05) is 24.3 Å². The number of carbonyl (C=O) groups is 1. The SMILES string of the molecule is O=C(O)CCC1Cc2ccccc2C12CCNCC2. The van der Waals surface area contributed by atoms with Crippen LogP contribution in [0.3, 0.4) is 0 Å². The molecule has 3 rings (SSSR count). The van der Waals surface area contributed by atoms with E-state index in [0.29, 0.717) is 12.3 Å². The van der Waals surface area contributed by atoms with Crippen molar-refractivity contribution in [3.05, 3.63) is 35.4 Å². The normalized spacial score (nSPS) is 24.3. The lowest BCUT2D eigenvalue weighted by atomic mass is 9.67. The fraction of sp³-hybridized carbons (Fsp3) is 0.562. The molecule has 102 valence electrons. The topological polar surface area (TPSA) is 49.3 Å². The number of hydrogen-bond donors (Lipinski definition) is 2. The van der Waals surface area contributed by atoms with Crippen LogP contribution in [0.2, 0.25) is 0 Å². The van der Waals surface area contributed by atoms with E-state index in [9.17, 15) is 4.79 Å². The van der Waals surface area contributed by atoms with Gasteiger partial charge in [-0.25, -0.2) is 0 Å². The van der Waals surface area contributed by atoms with Crippen LogP contribution in [0.5, 0.6) is 0 Å². The van der Waals surface area contributed by atoms with Crippen molar-refractivity contribution in [2.75, 3.05) is 13.1 Å². The quantitative estimate of drug-likeness (QED) is 0.876. The number of piperidine rings is 1. The van der Waals surface area contributed by atoms with E-state index in [2.05, 4.69) is 29.6 Å². The van der Waals surface area contributed by atoms with Crippen LogP contribution >= 0.6 is 0 Å². The molecule has 0 radical (unpaired) electrons. The number of nitrogens with one attached hydrogen (secondary N) is 1. The van der Waals surface area contributed by atoms with E-state index in [4.69, 9.17) is 5.11 Å². The van der Waals surface area contributed by atoms with Crippen LogP contribution in [0.4, 0.5) is 0 Å². The summed E-state index contributed by atoms with van der Waals surface area (Å²) in [5.74, 6) is -0.164. The van der Waals surface area contributed by atoms with Crippen LogP contribution in [-0.4, -0.2) is 24.2 Å². The number of carboxylic acid groups (broad SMARTS) is 1. The smallest absolute Gasteiger partial charge is 0.303 e. The van der Waals surface area contributed by atoms with E-state index in [1.54, 1.807) is 0 Å². The van der Waals surface area contributed by atoms with Gasteiger partial charge in [-0.3, -0.25) is 4.79 Å². The predicted octanol–water partition coefficient (Wildman–Crippen LogP) is 2.34. The van der Waals surface area contributed by atoms with E-state index < -0.39 is 5.97 Å². The Balaban J connectivity index is 1.91. The van der Waals surface area contributed by atoms with Crippen LogP contribution in [0, 0.1) is 5.92 Å². The minimum absolute atomic E-state index is 0.233. The first-order valence-corrected chi connectivity index (χ1v) is 7.23. The number of benzene rings is 1. The molecule has 2 N–H and O–H groups in total. The second-order valence-corrected chi connectivity index (χ2v) is 5.90. The highest BCUT2D eigenvalue weighted by Gasteiger charge is 2.46. The summed E-state index contributed by atoms with van der Waals surface area (Å²) < 4.78 is 0. The molecule has 0 bridgehead atoms. The van der Waals surface area contributed by atoms with Crippen molar-refractivity contribution >= 4 is 5.97 Å². The first-order chi connectivity index (χ1) is 9.22. The standard InChI is InChI=1S/C16H21NO2/c18-15(19)6-5-13-11-12-3-1-2-4-14(12)16(13)7-9-17-10-8-16/h1-4,13,17H,5-11H2,(H,18,19). The number of fused-ring (bicyclic) bond motifs is 2. The molecule has 3 heteroatoms. The molecule has 1 aromatic carbocycles. The third-order valence-electron chi connectivity index (χ3n) is 5.00. The molecule has 1 saturated heterocycles. The van der Waals surface area contributed by atoms with Crippen LogP contribution in [-0.2, 0) is 16.6 Å². The molecule has 1 fully saturated rings. The lowest BCUT2D eigenvalue weighted by Gasteiger charge is -2.40. The zero-order valence-corrected chi connectivity index (χ0v) is 11.2. The molecule has 1 unspecified atom stereocenters. The van der Waals surface area contributed by atoms with Gasteiger partial charge in [0.05, 0.1) is 0 Å². The average molecular weight is 259 g/mol. The molecule has 0 aromatic heterocycles. The Kier molecular flexibility index (Phi) is 3.31. The Morgan fingerprint density at radius 3 is 2.79 bits per heavy atom. The van der Waals surface area contributed by atoms with E-state index in [0.717, 1.165) is 38.8 Å². The van der Waals surface area contributed by atoms with Gasteiger partial charge in [0.2, 0.25) is 0 Å². The Morgan fingerprint density at radius 2 is 2.05 bits per heavy atom. The van der Waals surface area contributed by atoms with Crippen molar-refractivity contribution < 1.29 is 9.90 Å². The minimum Gasteiger partial charge on any atom is -0.481 e. The molecule has 1 spiro atoms. The van der Waals surface area contributed by atoms with E-state index in [-0.39, 0.29) is 5.41 Å². The number of carboxylic acids is 1. The summed E-state index contributed by atoms with van der Waals surface area (Å²) >= 11 is 0. The molecule has 1 aliphatic carbocycles. The maximum Gasteiger partial charge on any atom is 0.303 e. The molecule has 0 amide bonds. The molecule has 1 atom stereocenters. The second-order valence-electron chi connectivity index (χ2n) is 5.90. The lowest BCUT2D eigenvalue weighted by Crippen LogP contribution is -2.43. The van der Waals surface area contributed by atoms with Crippen molar-refractivity contribution in [1.29, 1.82) is 0 Å². The molecular formula is C16H21NO2. The predicted molar refractivity (Wildman–Crippen MR) is 74.3 cm³/mol. The molecule has 0 saturated carbocycles. The largest absolute Gasteiger partial charge is 0.481 e. The van der Waals surface area contributed by atoms with Gasteiger partial charge in [-0.05, 0) is 55.8 Å². The first kappa shape index (κ1) is 12.7. The molecule has 1 aromatic rings. The summed E-state index contributed by atoms with van der Waals surface area (Å²) in [6.07, 6.45) is 4.46. The Bertz CT molecular complexity index is 477. The molecular weight excluding hydrogens is 238 g/mol. The van der Waals surface area contributed by atoms with Gasteiger partial charge in [0, 0.05) is 11.8 Å². The monoisotopic (exact) mass is 259 g/mol. The Morgan fingerprint density at radius 1 is 1.32 bits per heavy atom. The molecule has 3 nitrogen and oxygen atoms in total. The van der Waals surface area contributed by atoms with E-state index in [1.807, 2.05) is 0 Å². The summed E-state index contributed by atoms with van der Waals surface area (Å²) in [5.41, 5.74) is 3.17. The van der Waals surface area contributed by atoms with Crippen molar-refractivity contribution in [1.82, 2.24) is 5.32 Å². The van der Waals surface area contributed by atoms with Gasteiger partial charge in [-0.2, -0.15) is 0 Å². The third-order valence-corrected chi connectivity index (χ3v) is 5.00. The van der Waals surface area contributed by atoms with Gasteiger partial charge >= 0.3 is 5.97 Å². The fourth-order valence-corrected chi connectivity index (χ4v) is 4.09. The van der Waals surface area contributed by atoms with Gasteiger partial charge < -0.3 is 10.4 Å². The Labute approximate surface area is 114 Å². The van der Waals surface area contributed by atoms with Gasteiger partial charge in [0.15, 0.2) is 0 Å². The number of aliphatic carboxylic acids is 1. The zero-order valence-electron chi connectivity index (χ0n) is 11.2. The highest BCUT2D eigenvalue weighted by molar-refractivity contribution is 5.66. The lowest BCUT2D eigenvalue weighted by molar-refractivity contribution is -0.137. The van der Waals surface area contributed by atoms with Crippen LogP contribution < -0.4 is 5.32 Å². The van der Waals surface area contributed by atoms with Gasteiger partial charge in [-0.15, -0.1) is 0 Å². The second kappa shape index (κ2) is 4.97. The molecule has 1 aliphatic heterocycles. The summed E-state index contributed by atoms with van der Waals surface area (Å²) in [6.45, 7) is 2.11. The maximum atomic E-state index is 10.9. The molecule has 1 heterocycles. The summed E-state index contributed by atoms with van der Waals surface area (Å²) in [6, 6.07) is 8.72. The summed E-state index contributed by atoms with van der Waals surface area (Å²) in [7, 11) is 0. The molecule has 19 heavy (non-hydrogen) atoms. The average Bonchev–Trinajstić information content (AvgIpc) is 2.72. The Hall–Kier alpha value is -1.35. The highest BCUT2D eigenvalue weighted by Crippen LogP contribution is 2.50. The van der Waals surface area contributed by atoms with Crippen molar-refractivity contribution in [2.24, 2.45) is 5.92 Å². The minimum atomic E-state index is -0.667. The first-order valence-electron chi connectivity index (χ1n) is 7.23. The number of rotatable bonds is 3. The van der Waals surface area contributed by atoms with E-state index in [1.165, 1.54) is 11.1 Å². The van der Waals surface area contributed by atoms with Crippen molar-refractivity contribution in [3.8, 4) is 0 Å². The number of hydrogen-bond acceptors (Lipinski definition) is 2. The van der Waals surface area contributed by atoms with E-state index >= 15 is 0 Å². The summed E-state index contributed by atoms with van der Waals surface area (Å²) in [5, 5.41) is 12.4. The van der Waals surface area contributed by atoms with Gasteiger partial charge in [0.25, 0.3) is 0 Å². The molecule has 2 aliphatic rings. The zero-order chi connectivity index (χ0) is 13.3. The fourth-order valence-electron chi connectivity index (χ4n) is 4.09. The highest BCUT2D eigenvalue weighted by atomic mass is 16.4. The van der Waals surface area contributed by atoms with Crippen molar-refractivity contribution in [3.63, 3.8) is 0 Å². The van der Waals surface area contributed by atoms with Crippen LogP contribution in [0.1, 0.15) is 36.8 Å². The van der Waals surface area contributed by atoms with Crippen LogP contribution in [0.15, 0.2) is 24.3 Å². The van der Waals surface area contributed by atoms with Gasteiger partial charge in [0.1, 0.15) is 0 Å².